The Hall–Kier alpha value is -3.20. The number of aryl methyl sites for hydroxylation is 1. The van der Waals surface area contributed by atoms with Crippen molar-refractivity contribution in [2.75, 3.05) is 5.32 Å². The average Bonchev–Trinajstić information content (AvgIpc) is 3.26. The number of hydrogen-bond donors (Lipinski definition) is 1. The first kappa shape index (κ1) is 19.1. The number of carbonyl (C=O) groups is 1. The molecule has 0 aliphatic rings. The van der Waals surface area contributed by atoms with Crippen LogP contribution in [0.1, 0.15) is 26.4 Å². The molecule has 148 valence electrons. The maximum absolute atomic E-state index is 12.8. The molecular formula is C20H15F3N4OS. The maximum Gasteiger partial charge on any atom is 0.416 e. The second kappa shape index (κ2) is 7.32. The quantitative estimate of drug-likeness (QED) is 0.502. The molecule has 4 aromatic rings. The first-order chi connectivity index (χ1) is 13.8. The van der Waals surface area contributed by atoms with Crippen LogP contribution in [0, 0.1) is 6.92 Å². The van der Waals surface area contributed by atoms with Gasteiger partial charge in [0.25, 0.3) is 5.91 Å². The smallest absolute Gasteiger partial charge is 0.304 e. The van der Waals surface area contributed by atoms with Gasteiger partial charge in [0.1, 0.15) is 0 Å². The van der Waals surface area contributed by atoms with E-state index in [1.54, 1.807) is 4.68 Å². The number of rotatable bonds is 4. The molecule has 0 aliphatic heterocycles. The highest BCUT2D eigenvalue weighted by Crippen LogP contribution is 2.30. The van der Waals surface area contributed by atoms with Crippen molar-refractivity contribution < 1.29 is 18.0 Å². The normalized spacial score (nSPS) is 11.7. The Balaban J connectivity index is 1.64. The number of carbonyl (C=O) groups excluding carboxylic acids is 1. The molecule has 4 rings (SSSR count). The molecule has 0 saturated heterocycles. The van der Waals surface area contributed by atoms with Crippen LogP contribution in [0.5, 0.6) is 0 Å². The molecule has 0 saturated carbocycles. The number of halogens is 3. The van der Waals surface area contributed by atoms with Crippen molar-refractivity contribution >= 4 is 34.2 Å². The SMILES string of the molecule is Cc1sncc1C(=O)Nc1nn(Cc2ccc(C(F)(F)F)cc2)c2ccccc12. The van der Waals surface area contributed by atoms with Gasteiger partial charge >= 0.3 is 6.18 Å². The first-order valence-electron chi connectivity index (χ1n) is 8.67. The molecular weight excluding hydrogens is 401 g/mol. The zero-order valence-electron chi connectivity index (χ0n) is 15.2. The van der Waals surface area contributed by atoms with E-state index in [1.165, 1.54) is 29.9 Å². The molecule has 0 atom stereocenters. The van der Waals surface area contributed by atoms with Gasteiger partial charge < -0.3 is 5.32 Å². The fourth-order valence-corrected chi connectivity index (χ4v) is 3.56. The Bertz CT molecular complexity index is 1180. The van der Waals surface area contributed by atoms with Gasteiger partial charge in [-0.2, -0.15) is 18.3 Å². The molecule has 1 N–H and O–H groups in total. The van der Waals surface area contributed by atoms with Crippen LogP contribution in [0.4, 0.5) is 19.0 Å². The maximum atomic E-state index is 12.8. The molecule has 0 aliphatic carbocycles. The lowest BCUT2D eigenvalue weighted by molar-refractivity contribution is -0.137. The van der Waals surface area contributed by atoms with Gasteiger partial charge in [0.05, 0.1) is 29.4 Å². The third-order valence-corrected chi connectivity index (χ3v) is 5.20. The van der Waals surface area contributed by atoms with Gasteiger partial charge in [-0.15, -0.1) is 0 Å². The van der Waals surface area contributed by atoms with Crippen molar-refractivity contribution in [1.82, 2.24) is 14.2 Å². The van der Waals surface area contributed by atoms with Gasteiger partial charge in [-0.1, -0.05) is 24.3 Å². The van der Waals surface area contributed by atoms with Crippen LogP contribution in [-0.4, -0.2) is 20.1 Å². The minimum absolute atomic E-state index is 0.271. The standard InChI is InChI=1S/C20H15F3N4OS/c1-12-16(10-24-29-12)19(28)25-18-15-4-2-3-5-17(15)27(26-18)11-13-6-8-14(9-7-13)20(21,22)23/h2-10H,11H2,1H3,(H,25,26,28). The molecule has 0 radical (unpaired) electrons. The highest BCUT2D eigenvalue weighted by atomic mass is 32.1. The molecule has 0 bridgehead atoms. The van der Waals surface area contributed by atoms with Crippen LogP contribution < -0.4 is 5.32 Å². The van der Waals surface area contributed by atoms with Gasteiger partial charge in [-0.3, -0.25) is 9.48 Å². The van der Waals surface area contributed by atoms with Crippen molar-refractivity contribution in [3.8, 4) is 0 Å². The van der Waals surface area contributed by atoms with Crippen LogP contribution >= 0.6 is 11.5 Å². The number of alkyl halides is 3. The van der Waals surface area contributed by atoms with Gasteiger partial charge in [0.15, 0.2) is 5.82 Å². The summed E-state index contributed by atoms with van der Waals surface area (Å²) in [4.78, 5) is 13.3. The Kier molecular flexibility index (Phi) is 4.83. The summed E-state index contributed by atoms with van der Waals surface area (Å²) >= 11 is 1.24. The predicted molar refractivity (Wildman–Crippen MR) is 105 cm³/mol. The van der Waals surface area contributed by atoms with Crippen molar-refractivity contribution in [3.63, 3.8) is 0 Å². The van der Waals surface area contributed by atoms with Crippen LogP contribution in [0.25, 0.3) is 10.9 Å². The molecule has 0 fully saturated rings. The molecule has 29 heavy (non-hydrogen) atoms. The van der Waals surface area contributed by atoms with Crippen LogP contribution in [0.3, 0.4) is 0 Å². The number of benzene rings is 2. The summed E-state index contributed by atoms with van der Waals surface area (Å²) in [7, 11) is 0. The minimum atomic E-state index is -4.37. The van der Waals surface area contributed by atoms with E-state index in [0.29, 0.717) is 16.9 Å². The molecule has 0 spiro atoms. The number of amides is 1. The van der Waals surface area contributed by atoms with Gasteiger partial charge in [0, 0.05) is 10.3 Å². The molecule has 5 nitrogen and oxygen atoms in total. The summed E-state index contributed by atoms with van der Waals surface area (Å²) in [5, 5.41) is 8.04. The van der Waals surface area contributed by atoms with Crippen molar-refractivity contribution in [3.05, 3.63) is 76.3 Å². The summed E-state index contributed by atoms with van der Waals surface area (Å²) in [6.45, 7) is 2.08. The fraction of sp³-hybridized carbons (Fsp3) is 0.150. The number of para-hydroxylation sites is 1. The van der Waals surface area contributed by atoms with Crippen molar-refractivity contribution in [2.24, 2.45) is 0 Å². The topological polar surface area (TPSA) is 59.8 Å². The van der Waals surface area contributed by atoms with E-state index in [1.807, 2.05) is 31.2 Å². The highest BCUT2D eigenvalue weighted by molar-refractivity contribution is 7.06. The average molecular weight is 416 g/mol. The summed E-state index contributed by atoms with van der Waals surface area (Å²) in [5.74, 6) is 0.0873. The Morgan fingerprint density at radius 2 is 1.86 bits per heavy atom. The van der Waals surface area contributed by atoms with E-state index in [0.717, 1.165) is 27.9 Å². The second-order valence-corrected chi connectivity index (χ2v) is 7.47. The Morgan fingerprint density at radius 3 is 2.52 bits per heavy atom. The van der Waals surface area contributed by atoms with E-state index in [4.69, 9.17) is 0 Å². The number of nitrogens with one attached hydrogen (secondary N) is 1. The molecule has 2 aromatic carbocycles. The zero-order chi connectivity index (χ0) is 20.6. The van der Waals surface area contributed by atoms with Gasteiger partial charge in [0.2, 0.25) is 0 Å². The van der Waals surface area contributed by atoms with Crippen LogP contribution in [0.2, 0.25) is 0 Å². The number of nitrogens with zero attached hydrogens (tertiary/aromatic N) is 3. The van der Waals surface area contributed by atoms with Gasteiger partial charge in [-0.05, 0) is 48.3 Å². The lowest BCUT2D eigenvalue weighted by atomic mass is 10.1. The Labute approximate surface area is 168 Å². The molecule has 2 aromatic heterocycles. The zero-order valence-corrected chi connectivity index (χ0v) is 16.0. The summed E-state index contributed by atoms with van der Waals surface area (Å²) < 4.78 is 44.0. The predicted octanol–water partition coefficient (Wildman–Crippen LogP) is 5.12. The molecule has 0 unspecified atom stereocenters. The lowest BCUT2D eigenvalue weighted by Gasteiger charge is -2.08. The number of fused-ring (bicyclic) bond motifs is 1. The van der Waals surface area contributed by atoms with Gasteiger partial charge in [-0.25, -0.2) is 4.37 Å². The van der Waals surface area contributed by atoms with Crippen LogP contribution in [0.15, 0.2) is 54.7 Å². The van der Waals surface area contributed by atoms with E-state index in [2.05, 4.69) is 14.8 Å². The summed E-state index contributed by atoms with van der Waals surface area (Å²) in [6, 6.07) is 12.3. The summed E-state index contributed by atoms with van der Waals surface area (Å²) in [5.41, 5.74) is 1.22. The van der Waals surface area contributed by atoms with Crippen molar-refractivity contribution in [2.45, 2.75) is 19.6 Å². The molecule has 9 heteroatoms. The number of hydrogen-bond acceptors (Lipinski definition) is 4. The second-order valence-electron chi connectivity index (χ2n) is 6.47. The third-order valence-electron chi connectivity index (χ3n) is 4.50. The lowest BCUT2D eigenvalue weighted by Crippen LogP contribution is -2.13. The van der Waals surface area contributed by atoms with E-state index < -0.39 is 11.7 Å². The van der Waals surface area contributed by atoms with E-state index in [9.17, 15) is 18.0 Å². The largest absolute Gasteiger partial charge is 0.416 e. The highest BCUT2D eigenvalue weighted by Gasteiger charge is 2.30. The molecule has 2 heterocycles. The minimum Gasteiger partial charge on any atom is -0.304 e. The monoisotopic (exact) mass is 416 g/mol. The van der Waals surface area contributed by atoms with E-state index in [-0.39, 0.29) is 12.5 Å². The summed E-state index contributed by atoms with van der Waals surface area (Å²) in [6.07, 6.45) is -2.86. The number of anilines is 1. The fourth-order valence-electron chi connectivity index (χ4n) is 3.00. The first-order valence-corrected chi connectivity index (χ1v) is 9.44. The number of aromatic nitrogens is 3. The third kappa shape index (κ3) is 3.86. The molecule has 1 amide bonds. The Morgan fingerprint density at radius 1 is 1.14 bits per heavy atom. The van der Waals surface area contributed by atoms with Crippen molar-refractivity contribution in [1.29, 1.82) is 0 Å². The van der Waals surface area contributed by atoms with E-state index >= 15 is 0 Å². The van der Waals surface area contributed by atoms with Crippen LogP contribution in [-0.2, 0) is 12.7 Å².